The van der Waals surface area contributed by atoms with Crippen molar-refractivity contribution in [2.75, 3.05) is 6.54 Å². The van der Waals surface area contributed by atoms with Gasteiger partial charge in [-0.05, 0) is 31.1 Å². The predicted molar refractivity (Wildman–Crippen MR) is 54.6 cm³/mol. The van der Waals surface area contributed by atoms with Crippen LogP contribution < -0.4 is 0 Å². The predicted octanol–water partition coefficient (Wildman–Crippen LogP) is 2.65. The van der Waals surface area contributed by atoms with Crippen LogP contribution in [0.4, 0.5) is 0 Å². The van der Waals surface area contributed by atoms with Gasteiger partial charge < -0.3 is 0 Å². The molecule has 0 saturated heterocycles. The molecule has 78 valence electrons. The Morgan fingerprint density at radius 3 is 3.00 bits per heavy atom. The van der Waals surface area contributed by atoms with Gasteiger partial charge in [0, 0.05) is 10.3 Å². The summed E-state index contributed by atoms with van der Waals surface area (Å²) in [6.45, 7) is 4.37. The van der Waals surface area contributed by atoms with Gasteiger partial charge >= 0.3 is 0 Å². The first-order valence-electron chi connectivity index (χ1n) is 5.36. The molecule has 0 bridgehead atoms. The molecule has 0 aromatic rings. The van der Waals surface area contributed by atoms with Crippen LogP contribution in [0.25, 0.3) is 0 Å². The first-order valence-corrected chi connectivity index (χ1v) is 5.36. The molecule has 0 spiro atoms. The Bertz CT molecular complexity index is 298. The van der Waals surface area contributed by atoms with Crippen LogP contribution in [-0.2, 0) is 0 Å². The fraction of sp³-hybridized carbons (Fsp3) is 0.818. The maximum atomic E-state index is 10.5. The lowest BCUT2D eigenvalue weighted by molar-refractivity contribution is -0.504. The van der Waals surface area contributed by atoms with E-state index in [0.29, 0.717) is 5.92 Å². The number of rotatable bonds is 3. The highest BCUT2D eigenvalue weighted by molar-refractivity contribution is 5.22. The van der Waals surface area contributed by atoms with Crippen molar-refractivity contribution in [2.45, 2.75) is 33.1 Å². The Morgan fingerprint density at radius 1 is 1.71 bits per heavy atom. The molecule has 3 heteroatoms. The first kappa shape index (κ1) is 9.69. The molecule has 0 aliphatic heterocycles. The van der Waals surface area contributed by atoms with E-state index in [4.69, 9.17) is 0 Å². The van der Waals surface area contributed by atoms with Crippen molar-refractivity contribution in [3.8, 4) is 0 Å². The molecule has 0 aromatic carbocycles. The van der Waals surface area contributed by atoms with Crippen molar-refractivity contribution in [1.82, 2.24) is 0 Å². The Balaban J connectivity index is 2.06. The molecule has 3 atom stereocenters. The second-order valence-electron chi connectivity index (χ2n) is 5.02. The highest BCUT2D eigenvalue weighted by Gasteiger charge is 2.54. The van der Waals surface area contributed by atoms with Crippen LogP contribution in [0.3, 0.4) is 0 Å². The van der Waals surface area contributed by atoms with E-state index in [9.17, 15) is 10.1 Å². The van der Waals surface area contributed by atoms with Gasteiger partial charge in [-0.1, -0.05) is 25.5 Å². The molecule has 0 unspecified atom stereocenters. The summed E-state index contributed by atoms with van der Waals surface area (Å²) in [7, 11) is 0. The van der Waals surface area contributed by atoms with Crippen molar-refractivity contribution in [3.05, 3.63) is 21.8 Å². The molecule has 1 fully saturated rings. The monoisotopic (exact) mass is 195 g/mol. The van der Waals surface area contributed by atoms with Crippen LogP contribution in [0.15, 0.2) is 11.6 Å². The standard InChI is InChI=1S/C11H17NO2/c1-3-8-4-9-6-11(2,7-12(13)14)10(9)5-8/h5,9-10H,3-4,6-7H2,1-2H3/t9-,10-,11+/m1/s1. The molecule has 2 aliphatic carbocycles. The summed E-state index contributed by atoms with van der Waals surface area (Å²) in [5, 5.41) is 10.5. The molecule has 0 aromatic heterocycles. The van der Waals surface area contributed by atoms with Gasteiger partial charge in [0.05, 0.1) is 0 Å². The van der Waals surface area contributed by atoms with E-state index in [1.807, 2.05) is 0 Å². The smallest absolute Gasteiger partial charge is 0.209 e. The van der Waals surface area contributed by atoms with Crippen molar-refractivity contribution < 1.29 is 4.92 Å². The fourth-order valence-electron chi connectivity index (χ4n) is 3.19. The van der Waals surface area contributed by atoms with Gasteiger partial charge in [-0.3, -0.25) is 10.1 Å². The highest BCUT2D eigenvalue weighted by atomic mass is 16.6. The van der Waals surface area contributed by atoms with Gasteiger partial charge in [-0.2, -0.15) is 0 Å². The summed E-state index contributed by atoms with van der Waals surface area (Å²) in [5.41, 5.74) is 1.46. The van der Waals surface area contributed by atoms with Crippen molar-refractivity contribution >= 4 is 0 Å². The normalized spacial score (nSPS) is 40.0. The van der Waals surface area contributed by atoms with Gasteiger partial charge in [0.25, 0.3) is 0 Å². The number of fused-ring (bicyclic) bond motifs is 1. The summed E-state index contributed by atoms with van der Waals surface area (Å²) in [6.07, 6.45) is 5.65. The zero-order chi connectivity index (χ0) is 10.3. The second-order valence-corrected chi connectivity index (χ2v) is 5.02. The lowest BCUT2D eigenvalue weighted by Crippen LogP contribution is -2.47. The van der Waals surface area contributed by atoms with E-state index in [2.05, 4.69) is 19.9 Å². The third-order valence-electron chi connectivity index (χ3n) is 3.93. The summed E-state index contributed by atoms with van der Waals surface area (Å²) < 4.78 is 0. The van der Waals surface area contributed by atoms with E-state index in [1.165, 1.54) is 12.0 Å². The average Bonchev–Trinajstić information content (AvgIpc) is 2.42. The Labute approximate surface area is 84.3 Å². The van der Waals surface area contributed by atoms with Crippen LogP contribution in [-0.4, -0.2) is 11.5 Å². The molecule has 14 heavy (non-hydrogen) atoms. The molecular weight excluding hydrogens is 178 g/mol. The Kier molecular flexibility index (Phi) is 2.13. The van der Waals surface area contributed by atoms with Crippen molar-refractivity contribution in [1.29, 1.82) is 0 Å². The van der Waals surface area contributed by atoms with Crippen LogP contribution in [0.5, 0.6) is 0 Å². The first-order chi connectivity index (χ1) is 6.55. The zero-order valence-corrected chi connectivity index (χ0v) is 8.82. The molecule has 0 amide bonds. The fourth-order valence-corrected chi connectivity index (χ4v) is 3.19. The van der Waals surface area contributed by atoms with E-state index in [-0.39, 0.29) is 16.9 Å². The summed E-state index contributed by atoms with van der Waals surface area (Å²) >= 11 is 0. The van der Waals surface area contributed by atoms with E-state index in [0.717, 1.165) is 18.8 Å². The van der Waals surface area contributed by atoms with Crippen LogP contribution in [0, 0.1) is 27.4 Å². The summed E-state index contributed by atoms with van der Waals surface area (Å²) in [5.74, 6) is 1.21. The van der Waals surface area contributed by atoms with Crippen LogP contribution in [0.2, 0.25) is 0 Å². The second kappa shape index (κ2) is 3.07. The maximum absolute atomic E-state index is 10.5. The molecular formula is C11H17NO2. The van der Waals surface area contributed by atoms with Gasteiger partial charge in [0.15, 0.2) is 0 Å². The van der Waals surface area contributed by atoms with E-state index < -0.39 is 0 Å². The summed E-state index contributed by atoms with van der Waals surface area (Å²) in [4.78, 5) is 10.4. The van der Waals surface area contributed by atoms with Crippen LogP contribution >= 0.6 is 0 Å². The number of hydrogen-bond donors (Lipinski definition) is 0. The third kappa shape index (κ3) is 1.35. The van der Waals surface area contributed by atoms with Gasteiger partial charge in [0.2, 0.25) is 6.54 Å². The molecule has 3 nitrogen and oxygen atoms in total. The molecule has 0 N–H and O–H groups in total. The van der Waals surface area contributed by atoms with Gasteiger partial charge in [-0.25, -0.2) is 0 Å². The minimum atomic E-state index is -0.159. The van der Waals surface area contributed by atoms with E-state index >= 15 is 0 Å². The lowest BCUT2D eigenvalue weighted by Gasteiger charge is -2.47. The number of nitro groups is 1. The largest absolute Gasteiger partial charge is 0.265 e. The molecule has 2 aliphatic rings. The lowest BCUT2D eigenvalue weighted by atomic mass is 9.56. The zero-order valence-electron chi connectivity index (χ0n) is 8.82. The molecule has 0 heterocycles. The van der Waals surface area contributed by atoms with Crippen molar-refractivity contribution in [2.24, 2.45) is 17.3 Å². The quantitative estimate of drug-likeness (QED) is 0.394. The minimum absolute atomic E-state index is 0.0505. The van der Waals surface area contributed by atoms with Crippen molar-refractivity contribution in [3.63, 3.8) is 0 Å². The number of hydrogen-bond acceptors (Lipinski definition) is 2. The SMILES string of the molecule is CCC1=C[C@@H]2[C@H](C1)C[C@@]2(C)C[N+](=O)[O-]. The third-order valence-corrected chi connectivity index (χ3v) is 3.93. The minimum Gasteiger partial charge on any atom is -0.265 e. The van der Waals surface area contributed by atoms with Crippen LogP contribution in [0.1, 0.15) is 33.1 Å². The number of nitrogens with zero attached hydrogens (tertiary/aromatic N) is 1. The molecule has 2 rings (SSSR count). The van der Waals surface area contributed by atoms with E-state index in [1.54, 1.807) is 0 Å². The van der Waals surface area contributed by atoms with Gasteiger partial charge in [-0.15, -0.1) is 0 Å². The number of allylic oxidation sites excluding steroid dienone is 2. The molecule has 1 saturated carbocycles. The summed E-state index contributed by atoms with van der Waals surface area (Å²) in [6, 6.07) is 0. The highest BCUT2D eigenvalue weighted by Crippen LogP contribution is 2.58. The Hall–Kier alpha value is -0.860. The average molecular weight is 195 g/mol. The maximum Gasteiger partial charge on any atom is 0.209 e. The Morgan fingerprint density at radius 2 is 2.43 bits per heavy atom. The van der Waals surface area contributed by atoms with Gasteiger partial charge in [0.1, 0.15) is 0 Å². The molecule has 0 radical (unpaired) electrons. The topological polar surface area (TPSA) is 43.1 Å².